The average Bonchev–Trinajstić information content (AvgIpc) is 2.45. The van der Waals surface area contributed by atoms with E-state index in [0.29, 0.717) is 36.1 Å². The van der Waals surface area contributed by atoms with Crippen LogP contribution < -0.4 is 10.6 Å². The van der Waals surface area contributed by atoms with E-state index in [-0.39, 0.29) is 17.4 Å². The number of piperidine rings is 1. The second kappa shape index (κ2) is 6.64. The standard InChI is InChI=1S/C15H19BrFN3O2/c1-19(2)15(22)9-3-5-20(6-4-9)12-8-10(16)7-11(17)13(12)14(18)21/h7-9H,3-6H2,1-2H3,(H2,18,21). The number of halogens is 2. The van der Waals surface area contributed by atoms with E-state index in [4.69, 9.17) is 5.73 Å². The minimum Gasteiger partial charge on any atom is -0.371 e. The van der Waals surface area contributed by atoms with Crippen LogP contribution in [0.1, 0.15) is 23.2 Å². The number of amides is 2. The van der Waals surface area contributed by atoms with Crippen molar-refractivity contribution >= 4 is 33.4 Å². The molecule has 1 fully saturated rings. The number of hydrogen-bond acceptors (Lipinski definition) is 3. The van der Waals surface area contributed by atoms with Crippen LogP contribution in [0.15, 0.2) is 16.6 Å². The lowest BCUT2D eigenvalue weighted by Crippen LogP contribution is -2.41. The lowest BCUT2D eigenvalue weighted by Gasteiger charge is -2.34. The molecule has 0 radical (unpaired) electrons. The number of carbonyl (C=O) groups is 2. The molecule has 0 spiro atoms. The fraction of sp³-hybridized carbons (Fsp3) is 0.467. The Bertz CT molecular complexity index is 599. The first kappa shape index (κ1) is 16.7. The molecule has 120 valence electrons. The third kappa shape index (κ3) is 3.40. The number of primary amides is 1. The van der Waals surface area contributed by atoms with Crippen LogP contribution in [-0.2, 0) is 4.79 Å². The van der Waals surface area contributed by atoms with E-state index in [1.165, 1.54) is 6.07 Å². The van der Waals surface area contributed by atoms with Gasteiger partial charge in [-0.2, -0.15) is 0 Å². The zero-order chi connectivity index (χ0) is 16.4. The summed E-state index contributed by atoms with van der Waals surface area (Å²) in [5.74, 6) is -1.34. The lowest BCUT2D eigenvalue weighted by atomic mass is 9.94. The highest BCUT2D eigenvalue weighted by Gasteiger charge is 2.28. The summed E-state index contributed by atoms with van der Waals surface area (Å²) in [5, 5.41) is 0. The summed E-state index contributed by atoms with van der Waals surface area (Å²) < 4.78 is 14.6. The highest BCUT2D eigenvalue weighted by atomic mass is 79.9. The molecule has 0 atom stereocenters. The second-order valence-electron chi connectivity index (χ2n) is 5.64. The first-order valence-corrected chi connectivity index (χ1v) is 7.85. The van der Waals surface area contributed by atoms with Crippen molar-refractivity contribution < 1.29 is 14.0 Å². The van der Waals surface area contributed by atoms with Gasteiger partial charge in [-0.25, -0.2) is 4.39 Å². The van der Waals surface area contributed by atoms with Crippen molar-refractivity contribution in [2.75, 3.05) is 32.1 Å². The number of hydrogen-bond donors (Lipinski definition) is 1. The average molecular weight is 372 g/mol. The Balaban J connectivity index is 2.21. The molecule has 1 aliphatic rings. The molecule has 5 nitrogen and oxygen atoms in total. The van der Waals surface area contributed by atoms with Gasteiger partial charge in [0.15, 0.2) is 0 Å². The number of nitrogens with zero attached hydrogens (tertiary/aromatic N) is 2. The van der Waals surface area contributed by atoms with Crippen LogP contribution in [0.3, 0.4) is 0 Å². The molecule has 22 heavy (non-hydrogen) atoms. The summed E-state index contributed by atoms with van der Waals surface area (Å²) in [7, 11) is 3.48. The fourth-order valence-corrected chi connectivity index (χ4v) is 3.20. The molecule has 7 heteroatoms. The molecular weight excluding hydrogens is 353 g/mol. The Morgan fingerprint density at radius 3 is 2.41 bits per heavy atom. The molecule has 2 amide bonds. The van der Waals surface area contributed by atoms with Crippen molar-refractivity contribution in [3.8, 4) is 0 Å². The van der Waals surface area contributed by atoms with Gasteiger partial charge in [0.05, 0.1) is 11.3 Å². The number of carbonyl (C=O) groups excluding carboxylic acids is 2. The normalized spacial score (nSPS) is 15.7. The van der Waals surface area contributed by atoms with Crippen LogP contribution in [-0.4, -0.2) is 43.9 Å². The minimum atomic E-state index is -0.786. The third-order valence-corrected chi connectivity index (χ3v) is 4.36. The first-order chi connectivity index (χ1) is 10.3. The monoisotopic (exact) mass is 371 g/mol. The quantitative estimate of drug-likeness (QED) is 0.883. The molecule has 1 aromatic rings. The Hall–Kier alpha value is -1.63. The van der Waals surface area contributed by atoms with Crippen molar-refractivity contribution in [2.24, 2.45) is 11.7 Å². The topological polar surface area (TPSA) is 66.6 Å². The highest BCUT2D eigenvalue weighted by Crippen LogP contribution is 2.31. The van der Waals surface area contributed by atoms with Gasteiger partial charge in [0.25, 0.3) is 5.91 Å². The van der Waals surface area contributed by atoms with E-state index in [1.807, 2.05) is 4.90 Å². The molecule has 2 rings (SSSR count). The van der Waals surface area contributed by atoms with Crippen molar-refractivity contribution in [1.29, 1.82) is 0 Å². The molecule has 1 aliphatic heterocycles. The SMILES string of the molecule is CN(C)C(=O)C1CCN(c2cc(Br)cc(F)c2C(N)=O)CC1. The number of rotatable bonds is 3. The van der Waals surface area contributed by atoms with Crippen molar-refractivity contribution in [1.82, 2.24) is 4.90 Å². The van der Waals surface area contributed by atoms with E-state index in [9.17, 15) is 14.0 Å². The van der Waals surface area contributed by atoms with E-state index in [0.717, 1.165) is 0 Å². The van der Waals surface area contributed by atoms with Gasteiger partial charge in [-0.15, -0.1) is 0 Å². The largest absolute Gasteiger partial charge is 0.371 e. The van der Waals surface area contributed by atoms with Gasteiger partial charge in [0.2, 0.25) is 5.91 Å². The maximum atomic E-state index is 14.0. The minimum absolute atomic E-state index is 0.0275. The zero-order valence-electron chi connectivity index (χ0n) is 12.6. The molecule has 0 aliphatic carbocycles. The highest BCUT2D eigenvalue weighted by molar-refractivity contribution is 9.10. The summed E-state index contributed by atoms with van der Waals surface area (Å²) in [6, 6.07) is 2.92. The van der Waals surface area contributed by atoms with E-state index < -0.39 is 11.7 Å². The van der Waals surface area contributed by atoms with Gasteiger partial charge in [-0.3, -0.25) is 9.59 Å². The van der Waals surface area contributed by atoms with Crippen molar-refractivity contribution in [2.45, 2.75) is 12.8 Å². The van der Waals surface area contributed by atoms with E-state index in [1.54, 1.807) is 25.1 Å². The van der Waals surface area contributed by atoms with Crippen LogP contribution in [0.5, 0.6) is 0 Å². The molecular formula is C15H19BrFN3O2. The van der Waals surface area contributed by atoms with Crippen LogP contribution in [0, 0.1) is 11.7 Å². The first-order valence-electron chi connectivity index (χ1n) is 7.06. The van der Waals surface area contributed by atoms with Crippen LogP contribution >= 0.6 is 15.9 Å². The summed E-state index contributed by atoms with van der Waals surface area (Å²) in [5.41, 5.74) is 5.69. The number of nitrogens with two attached hydrogens (primary N) is 1. The molecule has 2 N–H and O–H groups in total. The fourth-order valence-electron chi connectivity index (χ4n) is 2.79. The molecule has 1 heterocycles. The molecule has 1 aromatic carbocycles. The predicted molar refractivity (Wildman–Crippen MR) is 86.2 cm³/mol. The summed E-state index contributed by atoms with van der Waals surface area (Å²) in [4.78, 5) is 27.0. The van der Waals surface area contributed by atoms with Gasteiger partial charge in [0, 0.05) is 37.6 Å². The summed E-state index contributed by atoms with van der Waals surface area (Å²) in [6.07, 6.45) is 1.34. The van der Waals surface area contributed by atoms with Crippen LogP contribution in [0.4, 0.5) is 10.1 Å². The molecule has 0 unspecified atom stereocenters. The van der Waals surface area contributed by atoms with Crippen molar-refractivity contribution in [3.05, 3.63) is 28.0 Å². The van der Waals surface area contributed by atoms with E-state index in [2.05, 4.69) is 15.9 Å². The predicted octanol–water partition coefficient (Wildman–Crippen LogP) is 1.99. The van der Waals surface area contributed by atoms with Gasteiger partial charge < -0.3 is 15.5 Å². The van der Waals surface area contributed by atoms with Gasteiger partial charge in [0.1, 0.15) is 5.82 Å². The molecule has 1 saturated heterocycles. The zero-order valence-corrected chi connectivity index (χ0v) is 14.2. The number of anilines is 1. The molecule has 0 bridgehead atoms. The smallest absolute Gasteiger partial charge is 0.253 e. The van der Waals surface area contributed by atoms with Crippen molar-refractivity contribution in [3.63, 3.8) is 0 Å². The van der Waals surface area contributed by atoms with Gasteiger partial charge in [-0.1, -0.05) is 15.9 Å². The Morgan fingerprint density at radius 1 is 1.32 bits per heavy atom. The maximum Gasteiger partial charge on any atom is 0.253 e. The molecule has 0 aromatic heterocycles. The van der Waals surface area contributed by atoms with E-state index >= 15 is 0 Å². The Morgan fingerprint density at radius 2 is 1.91 bits per heavy atom. The number of benzene rings is 1. The maximum absolute atomic E-state index is 14.0. The summed E-state index contributed by atoms with van der Waals surface area (Å²) in [6.45, 7) is 1.17. The van der Waals surface area contributed by atoms with Crippen LogP contribution in [0.25, 0.3) is 0 Å². The molecule has 0 saturated carbocycles. The Kier molecular flexibility index (Phi) is 5.05. The Labute approximate surface area is 137 Å². The van der Waals surface area contributed by atoms with Gasteiger partial charge >= 0.3 is 0 Å². The summed E-state index contributed by atoms with van der Waals surface area (Å²) >= 11 is 3.24. The third-order valence-electron chi connectivity index (χ3n) is 3.91. The second-order valence-corrected chi connectivity index (χ2v) is 6.56. The van der Waals surface area contributed by atoms with Gasteiger partial charge in [-0.05, 0) is 25.0 Å². The van der Waals surface area contributed by atoms with Crippen LogP contribution in [0.2, 0.25) is 0 Å². The lowest BCUT2D eigenvalue weighted by molar-refractivity contribution is -0.133.